The monoisotopic (exact) mass is 331 g/mol. The Morgan fingerprint density at radius 1 is 1.17 bits per heavy atom. The van der Waals surface area contributed by atoms with Crippen molar-refractivity contribution in [1.82, 2.24) is 5.32 Å². The maximum absolute atomic E-state index is 11.9. The third-order valence-electron chi connectivity index (χ3n) is 3.35. The number of aliphatic hydroxyl groups excluding tert-OH is 2. The summed E-state index contributed by atoms with van der Waals surface area (Å²) < 4.78 is 0. The predicted octanol–water partition coefficient (Wildman–Crippen LogP) is 1.81. The molecule has 8 heteroatoms. The molecule has 0 radical (unpaired) electrons. The number of carbonyl (C=O) groups is 1. The van der Waals surface area contributed by atoms with E-state index in [1.165, 1.54) is 24.3 Å². The fraction of sp³-hybridized carbons (Fsp3) is 0.188. The van der Waals surface area contributed by atoms with Crippen LogP contribution in [0.3, 0.4) is 0 Å². The Kier molecular flexibility index (Phi) is 5.83. The zero-order valence-corrected chi connectivity index (χ0v) is 12.6. The molecule has 126 valence electrons. The van der Waals surface area contributed by atoms with Crippen LogP contribution in [0.2, 0.25) is 0 Å². The van der Waals surface area contributed by atoms with E-state index in [9.17, 15) is 25.1 Å². The number of amides is 2. The third-order valence-corrected chi connectivity index (χ3v) is 3.35. The number of aliphatic hydroxyl groups is 2. The second-order valence-electron chi connectivity index (χ2n) is 5.05. The van der Waals surface area contributed by atoms with Crippen LogP contribution >= 0.6 is 0 Å². The summed E-state index contributed by atoms with van der Waals surface area (Å²) in [6.07, 6.45) is -1.29. The molecule has 2 atom stereocenters. The van der Waals surface area contributed by atoms with Crippen molar-refractivity contribution in [2.75, 3.05) is 11.9 Å². The number of benzene rings is 2. The van der Waals surface area contributed by atoms with E-state index in [1.54, 1.807) is 30.3 Å². The smallest absolute Gasteiger partial charge is 0.319 e. The standard InChI is InChI=1S/C16H17N3O5/c20-10-14(18-16(22)17-12-6-2-1-3-7-12)15(21)11-5-4-8-13(9-11)19(23)24/h1-9,14-15,20-21H,10H2,(H2,17,18,22). The van der Waals surface area contributed by atoms with E-state index in [2.05, 4.69) is 10.6 Å². The van der Waals surface area contributed by atoms with Gasteiger partial charge in [0.25, 0.3) is 5.69 Å². The van der Waals surface area contributed by atoms with E-state index in [0.29, 0.717) is 5.69 Å². The maximum atomic E-state index is 11.9. The summed E-state index contributed by atoms with van der Waals surface area (Å²) in [5, 5.41) is 35.5. The molecule has 2 unspecified atom stereocenters. The van der Waals surface area contributed by atoms with Gasteiger partial charge >= 0.3 is 6.03 Å². The first-order valence-electron chi connectivity index (χ1n) is 7.17. The molecule has 8 nitrogen and oxygen atoms in total. The molecule has 0 aliphatic carbocycles. The molecule has 0 spiro atoms. The second kappa shape index (κ2) is 8.04. The molecule has 0 aliphatic rings. The average molecular weight is 331 g/mol. The number of anilines is 1. The van der Waals surface area contributed by atoms with Crippen molar-refractivity contribution < 1.29 is 19.9 Å². The lowest BCUT2D eigenvalue weighted by atomic mass is 10.0. The largest absolute Gasteiger partial charge is 0.394 e. The van der Waals surface area contributed by atoms with Gasteiger partial charge in [-0.15, -0.1) is 0 Å². The van der Waals surface area contributed by atoms with E-state index in [4.69, 9.17) is 0 Å². The number of rotatable bonds is 6. The van der Waals surface area contributed by atoms with E-state index in [1.807, 2.05) is 0 Å². The van der Waals surface area contributed by atoms with E-state index in [-0.39, 0.29) is 11.3 Å². The number of non-ortho nitro benzene ring substituents is 1. The van der Waals surface area contributed by atoms with Crippen LogP contribution in [-0.4, -0.2) is 33.8 Å². The Bertz CT molecular complexity index is 708. The molecular formula is C16H17N3O5. The number of nitrogens with zero attached hydrogens (tertiary/aromatic N) is 1. The molecule has 0 saturated heterocycles. The summed E-state index contributed by atoms with van der Waals surface area (Å²) in [6, 6.07) is 12.4. The molecule has 2 amide bonds. The molecule has 2 aromatic rings. The van der Waals surface area contributed by atoms with Crippen molar-refractivity contribution in [2.45, 2.75) is 12.1 Å². The highest BCUT2D eigenvalue weighted by atomic mass is 16.6. The van der Waals surface area contributed by atoms with Crippen molar-refractivity contribution in [3.63, 3.8) is 0 Å². The number of nitrogens with one attached hydrogen (secondary N) is 2. The van der Waals surface area contributed by atoms with Crippen molar-refractivity contribution in [1.29, 1.82) is 0 Å². The minimum absolute atomic E-state index is 0.183. The molecular weight excluding hydrogens is 314 g/mol. The summed E-state index contributed by atoms with van der Waals surface area (Å²) in [4.78, 5) is 22.1. The number of hydrogen-bond acceptors (Lipinski definition) is 5. The zero-order valence-electron chi connectivity index (χ0n) is 12.6. The number of hydrogen-bond donors (Lipinski definition) is 4. The van der Waals surface area contributed by atoms with Crippen LogP contribution in [0.4, 0.5) is 16.2 Å². The van der Waals surface area contributed by atoms with Gasteiger partial charge in [-0.3, -0.25) is 10.1 Å². The van der Waals surface area contributed by atoms with Gasteiger partial charge in [0.15, 0.2) is 0 Å². The lowest BCUT2D eigenvalue weighted by molar-refractivity contribution is -0.385. The molecule has 0 bridgehead atoms. The van der Waals surface area contributed by atoms with Crippen LogP contribution in [0.15, 0.2) is 54.6 Å². The summed E-state index contributed by atoms with van der Waals surface area (Å²) >= 11 is 0. The van der Waals surface area contributed by atoms with Crippen LogP contribution in [0.1, 0.15) is 11.7 Å². The van der Waals surface area contributed by atoms with Gasteiger partial charge in [-0.05, 0) is 17.7 Å². The van der Waals surface area contributed by atoms with Gasteiger partial charge in [0, 0.05) is 17.8 Å². The SMILES string of the molecule is O=C(Nc1ccccc1)NC(CO)C(O)c1cccc([N+](=O)[O-])c1. The first-order valence-corrected chi connectivity index (χ1v) is 7.17. The number of para-hydroxylation sites is 1. The van der Waals surface area contributed by atoms with Crippen LogP contribution in [0.5, 0.6) is 0 Å². The fourth-order valence-electron chi connectivity index (χ4n) is 2.14. The normalized spacial score (nSPS) is 12.9. The Balaban J connectivity index is 2.06. The van der Waals surface area contributed by atoms with Gasteiger partial charge in [0.1, 0.15) is 6.10 Å². The van der Waals surface area contributed by atoms with Gasteiger partial charge in [-0.2, -0.15) is 0 Å². The summed E-state index contributed by atoms with van der Waals surface area (Å²) in [7, 11) is 0. The first kappa shape index (κ1) is 17.4. The molecule has 2 rings (SSSR count). The molecule has 0 aromatic heterocycles. The van der Waals surface area contributed by atoms with Gasteiger partial charge in [0.05, 0.1) is 17.6 Å². The van der Waals surface area contributed by atoms with E-state index < -0.39 is 29.7 Å². The topological polar surface area (TPSA) is 125 Å². The van der Waals surface area contributed by atoms with E-state index >= 15 is 0 Å². The molecule has 0 fully saturated rings. The Morgan fingerprint density at radius 3 is 2.50 bits per heavy atom. The lowest BCUT2D eigenvalue weighted by Crippen LogP contribution is -2.44. The quantitative estimate of drug-likeness (QED) is 0.474. The number of urea groups is 1. The zero-order chi connectivity index (χ0) is 17.5. The first-order chi connectivity index (χ1) is 11.5. The Hall–Kier alpha value is -2.97. The van der Waals surface area contributed by atoms with Crippen molar-refractivity contribution >= 4 is 17.4 Å². The number of carbonyl (C=O) groups excluding carboxylic acids is 1. The second-order valence-corrected chi connectivity index (χ2v) is 5.05. The summed E-state index contributed by atoms with van der Waals surface area (Å²) in [5.74, 6) is 0. The van der Waals surface area contributed by atoms with Gasteiger partial charge in [0.2, 0.25) is 0 Å². The molecule has 0 saturated carbocycles. The lowest BCUT2D eigenvalue weighted by Gasteiger charge is -2.22. The van der Waals surface area contributed by atoms with Crippen LogP contribution in [0, 0.1) is 10.1 Å². The highest BCUT2D eigenvalue weighted by Crippen LogP contribution is 2.21. The predicted molar refractivity (Wildman–Crippen MR) is 87.5 cm³/mol. The Morgan fingerprint density at radius 2 is 1.88 bits per heavy atom. The average Bonchev–Trinajstić information content (AvgIpc) is 2.60. The highest BCUT2D eigenvalue weighted by molar-refractivity contribution is 5.89. The van der Waals surface area contributed by atoms with Crippen LogP contribution in [0.25, 0.3) is 0 Å². The van der Waals surface area contributed by atoms with Crippen molar-refractivity contribution in [2.24, 2.45) is 0 Å². The molecule has 24 heavy (non-hydrogen) atoms. The number of nitro groups is 1. The Labute approximate surface area is 137 Å². The number of nitro benzene ring substituents is 1. The fourth-order valence-corrected chi connectivity index (χ4v) is 2.14. The highest BCUT2D eigenvalue weighted by Gasteiger charge is 2.23. The maximum Gasteiger partial charge on any atom is 0.319 e. The molecule has 0 heterocycles. The molecule has 0 aliphatic heterocycles. The van der Waals surface area contributed by atoms with Gasteiger partial charge in [-0.1, -0.05) is 30.3 Å². The van der Waals surface area contributed by atoms with E-state index in [0.717, 1.165) is 0 Å². The van der Waals surface area contributed by atoms with Gasteiger partial charge < -0.3 is 20.8 Å². The van der Waals surface area contributed by atoms with Crippen molar-refractivity contribution in [3.05, 3.63) is 70.3 Å². The summed E-state index contributed by atoms with van der Waals surface area (Å²) in [5.41, 5.74) is 0.594. The molecule has 2 aromatic carbocycles. The van der Waals surface area contributed by atoms with Crippen LogP contribution in [-0.2, 0) is 0 Å². The minimum Gasteiger partial charge on any atom is -0.394 e. The third kappa shape index (κ3) is 4.51. The minimum atomic E-state index is -1.29. The summed E-state index contributed by atoms with van der Waals surface area (Å²) in [6.45, 7) is -0.536. The van der Waals surface area contributed by atoms with Crippen molar-refractivity contribution in [3.8, 4) is 0 Å². The van der Waals surface area contributed by atoms with Crippen LogP contribution < -0.4 is 10.6 Å². The molecule has 4 N–H and O–H groups in total. The van der Waals surface area contributed by atoms with Gasteiger partial charge in [-0.25, -0.2) is 4.79 Å².